The molecular weight excluding hydrogens is 404 g/mol. The van der Waals surface area contributed by atoms with Crippen molar-refractivity contribution in [2.24, 2.45) is 11.8 Å². The number of aryl methyl sites for hydroxylation is 1. The zero-order valence-corrected chi connectivity index (χ0v) is 19.5. The number of rotatable bonds is 8. The third-order valence-corrected chi connectivity index (χ3v) is 6.04. The van der Waals surface area contributed by atoms with E-state index in [4.69, 9.17) is 0 Å². The Labute approximate surface area is 190 Å². The quantitative estimate of drug-likeness (QED) is 0.620. The number of Topliss-reactive ketones (excluding diaryl/α,β-unsaturated/α-hetero) is 1. The Morgan fingerprint density at radius 3 is 2.53 bits per heavy atom. The highest BCUT2D eigenvalue weighted by molar-refractivity contribution is 6.01. The molecule has 0 radical (unpaired) electrons. The fourth-order valence-corrected chi connectivity index (χ4v) is 4.17. The summed E-state index contributed by atoms with van der Waals surface area (Å²) in [6.45, 7) is 10.2. The first kappa shape index (κ1) is 23.7. The summed E-state index contributed by atoms with van der Waals surface area (Å²) >= 11 is 0. The number of ketones is 1. The molecule has 2 aromatic rings. The second-order valence-electron chi connectivity index (χ2n) is 8.99. The van der Waals surface area contributed by atoms with Crippen molar-refractivity contribution in [3.05, 3.63) is 58.9 Å². The van der Waals surface area contributed by atoms with E-state index < -0.39 is 0 Å². The van der Waals surface area contributed by atoms with Crippen molar-refractivity contribution in [1.29, 1.82) is 0 Å². The number of aromatic nitrogens is 1. The Kier molecular flexibility index (Phi) is 7.85. The van der Waals surface area contributed by atoms with Crippen LogP contribution in [0.2, 0.25) is 0 Å². The van der Waals surface area contributed by atoms with Crippen molar-refractivity contribution in [1.82, 2.24) is 14.9 Å². The molecule has 1 unspecified atom stereocenters. The van der Waals surface area contributed by atoms with Gasteiger partial charge in [0, 0.05) is 41.5 Å². The lowest BCUT2D eigenvalue weighted by Gasteiger charge is -2.32. The van der Waals surface area contributed by atoms with Gasteiger partial charge >= 0.3 is 0 Å². The minimum Gasteiger partial charge on any atom is -0.356 e. The number of nitrogens with zero attached hydrogens (tertiary/aromatic N) is 2. The Morgan fingerprint density at radius 1 is 1.12 bits per heavy atom. The molecular formula is C25H34N4O3. The van der Waals surface area contributed by atoms with Crippen molar-refractivity contribution < 1.29 is 14.4 Å². The molecule has 1 saturated heterocycles. The zero-order valence-electron chi connectivity index (χ0n) is 19.5. The monoisotopic (exact) mass is 438 g/mol. The first-order valence-corrected chi connectivity index (χ1v) is 11.3. The first-order chi connectivity index (χ1) is 15.3. The van der Waals surface area contributed by atoms with E-state index in [0.29, 0.717) is 30.1 Å². The molecule has 2 N–H and O–H groups in total. The molecule has 1 aliphatic heterocycles. The van der Waals surface area contributed by atoms with E-state index >= 15 is 0 Å². The summed E-state index contributed by atoms with van der Waals surface area (Å²) in [6, 6.07) is 10.9. The molecule has 1 aromatic carbocycles. The number of carbonyl (C=O) groups excluding carboxylic acids is 3. The van der Waals surface area contributed by atoms with E-state index in [0.717, 1.165) is 37.3 Å². The third kappa shape index (κ3) is 5.85. The molecule has 1 aliphatic rings. The molecule has 172 valence electrons. The average Bonchev–Trinajstić information content (AvgIpc) is 3.06. The minimum absolute atomic E-state index is 0.0195. The molecule has 7 nitrogen and oxygen atoms in total. The van der Waals surface area contributed by atoms with E-state index in [2.05, 4.69) is 15.6 Å². The average molecular weight is 439 g/mol. The van der Waals surface area contributed by atoms with Crippen LogP contribution in [0.5, 0.6) is 0 Å². The lowest BCUT2D eigenvalue weighted by atomic mass is 9.97. The number of carbonyl (C=O) groups is 3. The van der Waals surface area contributed by atoms with Gasteiger partial charge in [0.25, 0.3) is 5.91 Å². The molecule has 0 spiro atoms. The number of hydrogen-bond acceptors (Lipinski definition) is 4. The van der Waals surface area contributed by atoms with Crippen LogP contribution < -0.4 is 10.7 Å². The van der Waals surface area contributed by atoms with Crippen LogP contribution in [0, 0.1) is 25.7 Å². The molecule has 32 heavy (non-hydrogen) atoms. The van der Waals surface area contributed by atoms with Crippen LogP contribution in [0.1, 0.15) is 58.8 Å². The number of benzene rings is 1. The maximum atomic E-state index is 13.1. The van der Waals surface area contributed by atoms with Crippen LogP contribution in [-0.4, -0.2) is 53.4 Å². The Hall–Kier alpha value is -2.93. The van der Waals surface area contributed by atoms with E-state index in [1.54, 1.807) is 16.8 Å². The summed E-state index contributed by atoms with van der Waals surface area (Å²) in [4.78, 5) is 39.7. The van der Waals surface area contributed by atoms with Crippen LogP contribution in [-0.2, 0) is 4.79 Å². The molecule has 2 heterocycles. The van der Waals surface area contributed by atoms with E-state index in [1.165, 1.54) is 0 Å². The number of amides is 2. The molecule has 0 bridgehead atoms. The maximum Gasteiger partial charge on any atom is 0.270 e. The molecule has 1 atom stereocenters. The van der Waals surface area contributed by atoms with Crippen LogP contribution in [0.15, 0.2) is 36.4 Å². The fourth-order valence-electron chi connectivity index (χ4n) is 4.17. The molecule has 3 rings (SSSR count). The maximum absolute atomic E-state index is 13.1. The SMILES string of the molecule is Cc1cc(C(=O)CN2CCCC(CNC(=O)C(C)C)C2)c(C)n1NC(=O)c1ccccc1. The van der Waals surface area contributed by atoms with Gasteiger partial charge in [0.2, 0.25) is 5.91 Å². The Balaban J connectivity index is 1.61. The predicted octanol–water partition coefficient (Wildman–Crippen LogP) is 3.16. The minimum atomic E-state index is -0.214. The largest absolute Gasteiger partial charge is 0.356 e. The first-order valence-electron chi connectivity index (χ1n) is 11.3. The van der Waals surface area contributed by atoms with Gasteiger partial charge in [0.15, 0.2) is 5.78 Å². The molecule has 0 aliphatic carbocycles. The summed E-state index contributed by atoms with van der Waals surface area (Å²) in [5.41, 5.74) is 5.63. The topological polar surface area (TPSA) is 83.4 Å². The highest BCUT2D eigenvalue weighted by Crippen LogP contribution is 2.19. The third-order valence-electron chi connectivity index (χ3n) is 6.04. The van der Waals surface area contributed by atoms with Crippen molar-refractivity contribution >= 4 is 17.6 Å². The highest BCUT2D eigenvalue weighted by Gasteiger charge is 2.25. The smallest absolute Gasteiger partial charge is 0.270 e. The van der Waals surface area contributed by atoms with Gasteiger partial charge in [-0.2, -0.15) is 0 Å². The van der Waals surface area contributed by atoms with Gasteiger partial charge in [-0.3, -0.25) is 29.4 Å². The van der Waals surface area contributed by atoms with Crippen LogP contribution >= 0.6 is 0 Å². The van der Waals surface area contributed by atoms with Crippen molar-refractivity contribution in [2.75, 3.05) is 31.6 Å². The van der Waals surface area contributed by atoms with Crippen molar-refractivity contribution in [2.45, 2.75) is 40.5 Å². The number of likely N-dealkylation sites (tertiary alicyclic amines) is 1. The number of nitrogens with one attached hydrogen (secondary N) is 2. The number of hydrogen-bond donors (Lipinski definition) is 2. The van der Waals surface area contributed by atoms with Crippen LogP contribution in [0.3, 0.4) is 0 Å². The van der Waals surface area contributed by atoms with Gasteiger partial charge in [0.05, 0.1) is 6.54 Å². The standard InChI is InChI=1S/C25H34N4O3/c1-17(2)24(31)26-14-20-9-8-12-28(15-20)16-23(30)22-13-18(3)29(19(22)4)27-25(32)21-10-6-5-7-11-21/h5-7,10-11,13,17,20H,8-9,12,14-16H2,1-4H3,(H,26,31)(H,27,32). The summed E-state index contributed by atoms with van der Waals surface area (Å²) in [6.07, 6.45) is 2.07. The van der Waals surface area contributed by atoms with E-state index in [-0.39, 0.29) is 23.5 Å². The lowest BCUT2D eigenvalue weighted by molar-refractivity contribution is -0.124. The normalized spacial score (nSPS) is 16.7. The molecule has 7 heteroatoms. The zero-order chi connectivity index (χ0) is 23.3. The molecule has 0 saturated carbocycles. The second kappa shape index (κ2) is 10.6. The van der Waals surface area contributed by atoms with Crippen molar-refractivity contribution in [3.8, 4) is 0 Å². The summed E-state index contributed by atoms with van der Waals surface area (Å²) in [5.74, 6) is 0.243. The lowest BCUT2D eigenvalue weighted by Crippen LogP contribution is -2.43. The van der Waals surface area contributed by atoms with Gasteiger partial charge < -0.3 is 5.32 Å². The van der Waals surface area contributed by atoms with Gasteiger partial charge in [-0.05, 0) is 57.4 Å². The summed E-state index contributed by atoms with van der Waals surface area (Å²) < 4.78 is 1.68. The highest BCUT2D eigenvalue weighted by atomic mass is 16.2. The van der Waals surface area contributed by atoms with E-state index in [1.807, 2.05) is 52.0 Å². The van der Waals surface area contributed by atoms with Gasteiger partial charge in [-0.15, -0.1) is 0 Å². The number of piperidine rings is 1. The Morgan fingerprint density at radius 2 is 1.84 bits per heavy atom. The Bertz CT molecular complexity index is 965. The van der Waals surface area contributed by atoms with Gasteiger partial charge in [-0.25, -0.2) is 0 Å². The summed E-state index contributed by atoms with van der Waals surface area (Å²) in [7, 11) is 0. The van der Waals surface area contributed by atoms with Gasteiger partial charge in [-0.1, -0.05) is 32.0 Å². The van der Waals surface area contributed by atoms with Crippen LogP contribution in [0.4, 0.5) is 0 Å². The second-order valence-corrected chi connectivity index (χ2v) is 8.99. The fraction of sp³-hybridized carbons (Fsp3) is 0.480. The van der Waals surface area contributed by atoms with Crippen molar-refractivity contribution in [3.63, 3.8) is 0 Å². The van der Waals surface area contributed by atoms with Crippen LogP contribution in [0.25, 0.3) is 0 Å². The molecule has 1 aromatic heterocycles. The summed E-state index contributed by atoms with van der Waals surface area (Å²) in [5, 5.41) is 3.01. The van der Waals surface area contributed by atoms with E-state index in [9.17, 15) is 14.4 Å². The molecule has 1 fully saturated rings. The molecule has 2 amide bonds. The predicted molar refractivity (Wildman–Crippen MR) is 125 cm³/mol. The van der Waals surface area contributed by atoms with Gasteiger partial charge in [0.1, 0.15) is 0 Å².